The van der Waals surface area contributed by atoms with E-state index in [0.717, 1.165) is 0 Å². The lowest BCUT2D eigenvalue weighted by Gasteiger charge is -2.30. The summed E-state index contributed by atoms with van der Waals surface area (Å²) in [6.45, 7) is 8.28. The van der Waals surface area contributed by atoms with E-state index in [4.69, 9.17) is 0 Å². The zero-order valence-corrected chi connectivity index (χ0v) is 13.8. The number of halogens is 4. The zero-order chi connectivity index (χ0) is 16.3. The van der Waals surface area contributed by atoms with E-state index < -0.39 is 11.8 Å². The normalized spacial score (nSPS) is 28.6. The fraction of sp³-hybridized carbons (Fsp3) is 1.00. The highest BCUT2D eigenvalue weighted by Crippen LogP contribution is 2.42. The summed E-state index contributed by atoms with van der Waals surface area (Å²) in [4.78, 5) is 0. The third-order valence-electron chi connectivity index (χ3n) is 5.09. The Hall–Kier alpha value is -0.280. The van der Waals surface area contributed by atoms with Crippen molar-refractivity contribution in [3.05, 3.63) is 0 Å². The van der Waals surface area contributed by atoms with Gasteiger partial charge in [-0.2, -0.15) is 0 Å². The van der Waals surface area contributed by atoms with Gasteiger partial charge in [-0.25, -0.2) is 17.6 Å². The van der Waals surface area contributed by atoms with Crippen molar-refractivity contribution in [2.45, 2.75) is 84.5 Å². The molecule has 0 heterocycles. The summed E-state index contributed by atoms with van der Waals surface area (Å²) in [7, 11) is 0. The van der Waals surface area contributed by atoms with Gasteiger partial charge in [-0.15, -0.1) is 0 Å². The third kappa shape index (κ3) is 6.56. The number of alkyl halides is 4. The molecule has 1 atom stereocenters. The van der Waals surface area contributed by atoms with E-state index in [-0.39, 0.29) is 31.6 Å². The summed E-state index contributed by atoms with van der Waals surface area (Å²) >= 11 is 0. The molecule has 0 aliphatic heterocycles. The van der Waals surface area contributed by atoms with Crippen molar-refractivity contribution < 1.29 is 17.6 Å². The average molecular weight is 310 g/mol. The Labute approximate surface area is 126 Å². The van der Waals surface area contributed by atoms with Crippen molar-refractivity contribution in [1.29, 1.82) is 0 Å². The second-order valence-electron chi connectivity index (χ2n) is 7.54. The Morgan fingerprint density at radius 2 is 1.05 bits per heavy atom. The highest BCUT2D eigenvalue weighted by atomic mass is 19.3. The van der Waals surface area contributed by atoms with E-state index in [1.54, 1.807) is 0 Å². The minimum absolute atomic E-state index is 0.107. The minimum atomic E-state index is -2.36. The lowest BCUT2D eigenvalue weighted by molar-refractivity contribution is -0.0504. The molecule has 0 aromatic rings. The Kier molecular flexibility index (Phi) is 6.54. The maximum atomic E-state index is 12.6. The first-order valence-corrected chi connectivity index (χ1v) is 8.28. The van der Waals surface area contributed by atoms with Gasteiger partial charge in [0.15, 0.2) is 0 Å². The van der Waals surface area contributed by atoms with Crippen molar-refractivity contribution in [3.8, 4) is 0 Å². The smallest absolute Gasteiger partial charge is 0.207 e. The summed E-state index contributed by atoms with van der Waals surface area (Å²) in [6, 6.07) is 0. The van der Waals surface area contributed by atoms with Crippen LogP contribution in [0.1, 0.15) is 72.6 Å². The van der Waals surface area contributed by atoms with Crippen LogP contribution in [0.5, 0.6) is 0 Å². The first-order chi connectivity index (χ1) is 9.52. The third-order valence-corrected chi connectivity index (χ3v) is 5.09. The lowest BCUT2D eigenvalue weighted by atomic mass is 9.80. The van der Waals surface area contributed by atoms with E-state index in [2.05, 4.69) is 13.8 Å². The lowest BCUT2D eigenvalue weighted by Crippen LogP contribution is -2.26. The maximum Gasteiger partial charge on any atom is 0.248 e. The average Bonchev–Trinajstić information content (AvgIpc) is 2.70. The van der Waals surface area contributed by atoms with Crippen LogP contribution in [0.15, 0.2) is 0 Å². The molecule has 4 heteroatoms. The Morgan fingerprint density at radius 1 is 0.667 bits per heavy atom. The molecule has 2 aliphatic carbocycles. The van der Waals surface area contributed by atoms with Crippen LogP contribution in [-0.2, 0) is 0 Å². The summed E-state index contributed by atoms with van der Waals surface area (Å²) in [5, 5.41) is 0. The van der Waals surface area contributed by atoms with Gasteiger partial charge in [-0.3, -0.25) is 0 Å². The fourth-order valence-electron chi connectivity index (χ4n) is 3.28. The van der Waals surface area contributed by atoms with Crippen molar-refractivity contribution >= 4 is 0 Å². The molecule has 0 bridgehead atoms. The van der Waals surface area contributed by atoms with Crippen LogP contribution in [0.3, 0.4) is 0 Å². The van der Waals surface area contributed by atoms with Gasteiger partial charge in [0.1, 0.15) is 0 Å². The summed E-state index contributed by atoms with van der Waals surface area (Å²) in [6.07, 6.45) is 2.58. The molecule has 0 saturated heterocycles. The number of hydrogen-bond donors (Lipinski definition) is 0. The molecule has 0 amide bonds. The summed E-state index contributed by atoms with van der Waals surface area (Å²) < 4.78 is 50.4. The van der Waals surface area contributed by atoms with E-state index >= 15 is 0 Å². The zero-order valence-electron chi connectivity index (χ0n) is 13.8. The van der Waals surface area contributed by atoms with Gasteiger partial charge < -0.3 is 0 Å². The topological polar surface area (TPSA) is 0 Å². The monoisotopic (exact) mass is 310 g/mol. The van der Waals surface area contributed by atoms with Crippen LogP contribution in [0.4, 0.5) is 17.6 Å². The quantitative estimate of drug-likeness (QED) is 0.508. The van der Waals surface area contributed by atoms with Crippen LogP contribution < -0.4 is 0 Å². The van der Waals surface area contributed by atoms with Gasteiger partial charge in [0.25, 0.3) is 0 Å². The molecule has 0 aromatic carbocycles. The van der Waals surface area contributed by atoms with Crippen LogP contribution in [-0.4, -0.2) is 11.8 Å². The van der Waals surface area contributed by atoms with Gasteiger partial charge in [0.05, 0.1) is 0 Å². The Balaban J connectivity index is 0.000000211. The molecule has 1 unspecified atom stereocenters. The predicted octanol–water partition coefficient (Wildman–Crippen LogP) is 6.55. The van der Waals surface area contributed by atoms with Crippen LogP contribution in [0, 0.1) is 23.7 Å². The largest absolute Gasteiger partial charge is 0.248 e. The second kappa shape index (κ2) is 7.32. The van der Waals surface area contributed by atoms with Gasteiger partial charge in [-0.05, 0) is 42.9 Å². The fourth-order valence-corrected chi connectivity index (χ4v) is 3.28. The highest BCUT2D eigenvalue weighted by Gasteiger charge is 2.40. The molecule has 2 rings (SSSR count). The molecule has 2 aliphatic rings. The molecule has 21 heavy (non-hydrogen) atoms. The molecule has 2 saturated carbocycles. The summed E-state index contributed by atoms with van der Waals surface area (Å²) in [5.74, 6) is -2.91. The van der Waals surface area contributed by atoms with Gasteiger partial charge in [-0.1, -0.05) is 27.7 Å². The number of hydrogen-bond acceptors (Lipinski definition) is 0. The maximum absolute atomic E-state index is 12.6. The standard InChI is InChI=1S/C9H16F2.C8H14F2/c1-7(2)8-3-5-9(10,11)6-4-8;1-6(2)7-3-4-8(9,10)5-7/h7-8H,3-6H2,1-2H3;6-7H,3-5H2,1-2H3. The van der Waals surface area contributed by atoms with Crippen molar-refractivity contribution in [1.82, 2.24) is 0 Å². The van der Waals surface area contributed by atoms with Crippen LogP contribution >= 0.6 is 0 Å². The van der Waals surface area contributed by atoms with Crippen molar-refractivity contribution in [3.63, 3.8) is 0 Å². The Morgan fingerprint density at radius 3 is 1.33 bits per heavy atom. The molecule has 0 radical (unpaired) electrons. The SMILES string of the molecule is CC(C)C1CCC(F)(F)C1.CC(C)C1CCC(F)(F)CC1. The molecule has 2 fully saturated rings. The highest BCUT2D eigenvalue weighted by molar-refractivity contribution is 4.82. The van der Waals surface area contributed by atoms with Crippen molar-refractivity contribution in [2.24, 2.45) is 23.7 Å². The van der Waals surface area contributed by atoms with E-state index in [1.165, 1.54) is 0 Å². The predicted molar refractivity (Wildman–Crippen MR) is 78.9 cm³/mol. The van der Waals surface area contributed by atoms with E-state index in [0.29, 0.717) is 37.0 Å². The second-order valence-corrected chi connectivity index (χ2v) is 7.54. The van der Waals surface area contributed by atoms with E-state index in [1.807, 2.05) is 13.8 Å². The number of rotatable bonds is 2. The molecule has 0 spiro atoms. The molecule has 0 aromatic heterocycles. The molecule has 0 N–H and O–H groups in total. The van der Waals surface area contributed by atoms with Gasteiger partial charge in [0.2, 0.25) is 11.8 Å². The first kappa shape index (κ1) is 18.8. The summed E-state index contributed by atoms with van der Waals surface area (Å²) in [5.41, 5.74) is 0. The molecule has 0 nitrogen and oxygen atoms in total. The van der Waals surface area contributed by atoms with Gasteiger partial charge >= 0.3 is 0 Å². The molecular formula is C17H30F4. The van der Waals surface area contributed by atoms with Crippen LogP contribution in [0.2, 0.25) is 0 Å². The van der Waals surface area contributed by atoms with Crippen LogP contribution in [0.25, 0.3) is 0 Å². The Bertz CT molecular complexity index is 300. The van der Waals surface area contributed by atoms with Gasteiger partial charge in [0, 0.05) is 25.7 Å². The van der Waals surface area contributed by atoms with Crippen molar-refractivity contribution in [2.75, 3.05) is 0 Å². The van der Waals surface area contributed by atoms with E-state index in [9.17, 15) is 17.6 Å². The molecule has 126 valence electrons. The minimum Gasteiger partial charge on any atom is -0.207 e. The molecular weight excluding hydrogens is 280 g/mol. The first-order valence-electron chi connectivity index (χ1n) is 8.28.